The van der Waals surface area contributed by atoms with Gasteiger partial charge in [-0.2, -0.15) is 5.26 Å². The number of amides is 1. The molecule has 2 heterocycles. The monoisotopic (exact) mass is 384 g/mol. The predicted molar refractivity (Wildman–Crippen MR) is 102 cm³/mol. The maximum Gasteiger partial charge on any atom is 0.277 e. The number of carbonyl (C=O) groups is 1. The third-order valence-corrected chi connectivity index (χ3v) is 5.72. The van der Waals surface area contributed by atoms with Crippen LogP contribution in [0.4, 0.5) is 5.00 Å². The summed E-state index contributed by atoms with van der Waals surface area (Å²) in [6.07, 6.45) is 0. The maximum absolute atomic E-state index is 12.2. The van der Waals surface area contributed by atoms with Crippen LogP contribution in [-0.2, 0) is 4.79 Å². The van der Waals surface area contributed by atoms with E-state index in [4.69, 9.17) is 4.42 Å². The number of anilines is 1. The zero-order valence-electron chi connectivity index (χ0n) is 14.5. The number of aromatic nitrogens is 2. The number of thioether (sulfide) groups is 1. The second kappa shape index (κ2) is 7.72. The summed E-state index contributed by atoms with van der Waals surface area (Å²) in [6.45, 7) is 5.81. The van der Waals surface area contributed by atoms with Crippen LogP contribution in [0.2, 0.25) is 0 Å². The zero-order chi connectivity index (χ0) is 18.7. The molecule has 3 rings (SSSR count). The van der Waals surface area contributed by atoms with Crippen LogP contribution in [0.25, 0.3) is 11.5 Å². The summed E-state index contributed by atoms with van der Waals surface area (Å²) < 4.78 is 5.59. The number of rotatable bonds is 5. The minimum Gasteiger partial charge on any atom is -0.411 e. The van der Waals surface area contributed by atoms with E-state index in [1.54, 1.807) is 0 Å². The highest BCUT2D eigenvalue weighted by Gasteiger charge is 2.16. The Bertz CT molecular complexity index is 984. The molecule has 1 aromatic carbocycles. The molecule has 0 fully saturated rings. The highest BCUT2D eigenvalue weighted by molar-refractivity contribution is 7.99. The SMILES string of the molecule is Cc1ccc(-c2nnc(SCC(=O)Nc3sc(C)c(C)c3C#N)o2)cc1. The topological polar surface area (TPSA) is 91.8 Å². The van der Waals surface area contributed by atoms with E-state index in [-0.39, 0.29) is 11.7 Å². The van der Waals surface area contributed by atoms with Crippen molar-refractivity contribution >= 4 is 34.0 Å². The summed E-state index contributed by atoms with van der Waals surface area (Å²) in [4.78, 5) is 13.2. The first kappa shape index (κ1) is 18.2. The lowest BCUT2D eigenvalue weighted by molar-refractivity contribution is -0.113. The molecule has 3 aromatic rings. The van der Waals surface area contributed by atoms with Gasteiger partial charge in [-0.15, -0.1) is 21.5 Å². The van der Waals surface area contributed by atoms with E-state index in [0.717, 1.165) is 33.3 Å². The van der Waals surface area contributed by atoms with Gasteiger partial charge in [-0.1, -0.05) is 29.5 Å². The molecule has 1 N–H and O–H groups in total. The van der Waals surface area contributed by atoms with Gasteiger partial charge < -0.3 is 9.73 Å². The Labute approximate surface area is 159 Å². The van der Waals surface area contributed by atoms with Gasteiger partial charge in [0.15, 0.2) is 0 Å². The fourth-order valence-corrected chi connectivity index (χ4v) is 3.81. The van der Waals surface area contributed by atoms with E-state index < -0.39 is 0 Å². The van der Waals surface area contributed by atoms with Crippen LogP contribution >= 0.6 is 23.1 Å². The van der Waals surface area contributed by atoms with Crippen molar-refractivity contribution in [2.45, 2.75) is 26.0 Å². The van der Waals surface area contributed by atoms with Gasteiger partial charge in [-0.3, -0.25) is 4.79 Å². The third kappa shape index (κ3) is 3.95. The quantitative estimate of drug-likeness (QED) is 0.659. The maximum atomic E-state index is 12.2. The highest BCUT2D eigenvalue weighted by Crippen LogP contribution is 2.32. The van der Waals surface area contributed by atoms with E-state index in [1.807, 2.05) is 45.0 Å². The lowest BCUT2D eigenvalue weighted by Gasteiger charge is -2.01. The van der Waals surface area contributed by atoms with Crippen LogP contribution in [0.3, 0.4) is 0 Å². The largest absolute Gasteiger partial charge is 0.411 e. The van der Waals surface area contributed by atoms with Crippen LogP contribution in [0.15, 0.2) is 33.9 Å². The molecule has 0 aliphatic rings. The predicted octanol–water partition coefficient (Wildman–Crippen LogP) is 4.33. The Morgan fingerprint density at radius 3 is 2.69 bits per heavy atom. The molecule has 0 saturated heterocycles. The Kier molecular flexibility index (Phi) is 5.40. The molecule has 2 aromatic heterocycles. The molecule has 1 amide bonds. The lowest BCUT2D eigenvalue weighted by Crippen LogP contribution is -2.13. The van der Waals surface area contributed by atoms with Gasteiger partial charge >= 0.3 is 0 Å². The van der Waals surface area contributed by atoms with E-state index in [1.165, 1.54) is 11.3 Å². The summed E-state index contributed by atoms with van der Waals surface area (Å²) in [7, 11) is 0. The van der Waals surface area contributed by atoms with Crippen molar-refractivity contribution in [1.82, 2.24) is 10.2 Å². The van der Waals surface area contributed by atoms with E-state index in [9.17, 15) is 10.1 Å². The lowest BCUT2D eigenvalue weighted by atomic mass is 10.1. The summed E-state index contributed by atoms with van der Waals surface area (Å²) in [6, 6.07) is 9.90. The minimum absolute atomic E-state index is 0.121. The summed E-state index contributed by atoms with van der Waals surface area (Å²) in [5, 5.41) is 20.9. The number of nitriles is 1. The van der Waals surface area contributed by atoms with Crippen LogP contribution in [0.5, 0.6) is 0 Å². The number of aryl methyl sites for hydroxylation is 2. The van der Waals surface area contributed by atoms with Crippen molar-refractivity contribution in [2.24, 2.45) is 0 Å². The summed E-state index contributed by atoms with van der Waals surface area (Å²) in [5.74, 6) is 0.322. The number of thiophene rings is 1. The number of hydrogen-bond donors (Lipinski definition) is 1. The van der Waals surface area contributed by atoms with Crippen molar-refractivity contribution < 1.29 is 9.21 Å². The third-order valence-electron chi connectivity index (χ3n) is 3.78. The number of hydrogen-bond acceptors (Lipinski definition) is 7. The molecule has 0 atom stereocenters. The fraction of sp³-hybridized carbons (Fsp3) is 0.222. The molecular weight excluding hydrogens is 368 g/mol. The molecule has 132 valence electrons. The second-order valence-corrected chi connectivity index (χ2v) is 7.83. The first-order valence-corrected chi connectivity index (χ1v) is 9.61. The van der Waals surface area contributed by atoms with Crippen molar-refractivity contribution in [3.63, 3.8) is 0 Å². The van der Waals surface area contributed by atoms with Crippen molar-refractivity contribution in [2.75, 3.05) is 11.1 Å². The van der Waals surface area contributed by atoms with E-state index in [0.29, 0.717) is 21.7 Å². The Morgan fingerprint density at radius 1 is 1.27 bits per heavy atom. The molecule has 0 saturated carbocycles. The van der Waals surface area contributed by atoms with Gasteiger partial charge in [0.1, 0.15) is 11.1 Å². The molecule has 8 heteroatoms. The molecule has 26 heavy (non-hydrogen) atoms. The Morgan fingerprint density at radius 2 is 2.00 bits per heavy atom. The van der Waals surface area contributed by atoms with Crippen LogP contribution in [0.1, 0.15) is 21.6 Å². The van der Waals surface area contributed by atoms with Crippen molar-refractivity contribution in [3.8, 4) is 17.5 Å². The fourth-order valence-electron chi connectivity index (χ4n) is 2.22. The molecule has 6 nitrogen and oxygen atoms in total. The van der Waals surface area contributed by atoms with Gasteiger partial charge in [0.25, 0.3) is 5.22 Å². The number of nitrogens with one attached hydrogen (secondary N) is 1. The first-order valence-electron chi connectivity index (χ1n) is 7.81. The molecule has 0 radical (unpaired) electrons. The van der Waals surface area contributed by atoms with Gasteiger partial charge in [0, 0.05) is 10.4 Å². The smallest absolute Gasteiger partial charge is 0.277 e. The normalized spacial score (nSPS) is 10.5. The van der Waals surface area contributed by atoms with Crippen molar-refractivity contribution in [3.05, 3.63) is 45.8 Å². The first-order chi connectivity index (χ1) is 12.5. The Balaban J connectivity index is 1.61. The number of benzene rings is 1. The highest BCUT2D eigenvalue weighted by atomic mass is 32.2. The summed E-state index contributed by atoms with van der Waals surface area (Å²) in [5.41, 5.74) is 3.41. The Hall–Kier alpha value is -2.63. The van der Waals surface area contributed by atoms with Gasteiger partial charge in [-0.05, 0) is 38.5 Å². The molecule has 0 aliphatic heterocycles. The molecule has 0 bridgehead atoms. The molecular formula is C18H16N4O2S2. The van der Waals surface area contributed by atoms with Crippen LogP contribution in [0, 0.1) is 32.1 Å². The van der Waals surface area contributed by atoms with Crippen LogP contribution < -0.4 is 5.32 Å². The minimum atomic E-state index is -0.220. The average molecular weight is 384 g/mol. The van der Waals surface area contributed by atoms with Crippen LogP contribution in [-0.4, -0.2) is 21.9 Å². The standard InChI is InChI=1S/C18H16N4O2S2/c1-10-4-6-13(7-5-10)16-21-22-18(24-16)25-9-15(23)20-17-14(8-19)11(2)12(3)26-17/h4-7H,9H2,1-3H3,(H,20,23). The van der Waals surface area contributed by atoms with Gasteiger partial charge in [0.2, 0.25) is 11.8 Å². The zero-order valence-corrected chi connectivity index (χ0v) is 16.1. The van der Waals surface area contributed by atoms with Gasteiger partial charge in [-0.25, -0.2) is 0 Å². The number of nitrogens with zero attached hydrogens (tertiary/aromatic N) is 3. The average Bonchev–Trinajstić information content (AvgIpc) is 3.19. The molecule has 0 spiro atoms. The van der Waals surface area contributed by atoms with Crippen molar-refractivity contribution in [1.29, 1.82) is 5.26 Å². The van der Waals surface area contributed by atoms with Gasteiger partial charge in [0.05, 0.1) is 11.3 Å². The van der Waals surface area contributed by atoms with E-state index in [2.05, 4.69) is 21.6 Å². The van der Waals surface area contributed by atoms with E-state index >= 15 is 0 Å². The summed E-state index contributed by atoms with van der Waals surface area (Å²) >= 11 is 2.56. The molecule has 0 unspecified atom stereocenters. The second-order valence-electron chi connectivity index (χ2n) is 5.68. The number of carbonyl (C=O) groups excluding carboxylic acids is 1. The molecule has 0 aliphatic carbocycles.